The Morgan fingerprint density at radius 1 is 1.17 bits per heavy atom. The molecule has 0 bridgehead atoms. The maximum atomic E-state index is 9.24. The van der Waals surface area contributed by atoms with E-state index in [1.807, 2.05) is 12.1 Å². The van der Waals surface area contributed by atoms with E-state index in [2.05, 4.69) is 60.7 Å². The van der Waals surface area contributed by atoms with Crippen LogP contribution in [-0.4, -0.2) is 16.6 Å². The Balaban J connectivity index is 1.63. The molecule has 3 nitrogen and oxygen atoms in total. The molecule has 3 rings (SSSR count). The zero-order chi connectivity index (χ0) is 16.2. The van der Waals surface area contributed by atoms with Crippen molar-refractivity contribution < 1.29 is 5.11 Å². The van der Waals surface area contributed by atoms with Gasteiger partial charge in [0.25, 0.3) is 0 Å². The molecule has 3 aromatic rings. The number of aromatic amines is 1. The van der Waals surface area contributed by atoms with Crippen molar-refractivity contribution in [3.8, 4) is 0 Å². The molecule has 3 heteroatoms. The third-order valence-corrected chi connectivity index (χ3v) is 4.49. The van der Waals surface area contributed by atoms with Crippen LogP contribution in [0, 0.1) is 6.92 Å². The van der Waals surface area contributed by atoms with Crippen LogP contribution < -0.4 is 5.32 Å². The number of para-hydroxylation sites is 1. The molecule has 120 valence electrons. The average molecular weight is 308 g/mol. The normalized spacial score (nSPS) is 12.7. The summed E-state index contributed by atoms with van der Waals surface area (Å²) in [6.45, 7) is 5.31. The second-order valence-corrected chi connectivity index (χ2v) is 6.14. The summed E-state index contributed by atoms with van der Waals surface area (Å²) in [5.41, 5.74) is 6.06. The highest BCUT2D eigenvalue weighted by atomic mass is 16.3. The van der Waals surface area contributed by atoms with Crippen molar-refractivity contribution >= 4 is 10.9 Å². The van der Waals surface area contributed by atoms with Gasteiger partial charge < -0.3 is 15.4 Å². The molecule has 0 radical (unpaired) electrons. The Morgan fingerprint density at radius 3 is 2.83 bits per heavy atom. The number of aliphatic hydroxyl groups excluding tert-OH is 1. The summed E-state index contributed by atoms with van der Waals surface area (Å²) in [6, 6.07) is 14.8. The fourth-order valence-corrected chi connectivity index (χ4v) is 3.07. The molecular formula is C20H24N2O. The molecule has 0 saturated heterocycles. The van der Waals surface area contributed by atoms with Crippen LogP contribution in [0.3, 0.4) is 0 Å². The molecule has 0 aliphatic heterocycles. The van der Waals surface area contributed by atoms with Crippen molar-refractivity contribution in [2.75, 3.05) is 6.54 Å². The Morgan fingerprint density at radius 2 is 2.00 bits per heavy atom. The zero-order valence-corrected chi connectivity index (χ0v) is 13.8. The molecule has 0 saturated carbocycles. The van der Waals surface area contributed by atoms with Crippen LogP contribution in [0.4, 0.5) is 0 Å². The number of aromatic nitrogens is 1. The molecule has 0 aliphatic carbocycles. The van der Waals surface area contributed by atoms with Crippen LogP contribution in [0.15, 0.2) is 48.7 Å². The van der Waals surface area contributed by atoms with E-state index in [-0.39, 0.29) is 12.6 Å². The van der Waals surface area contributed by atoms with Gasteiger partial charge in [-0.15, -0.1) is 0 Å². The highest BCUT2D eigenvalue weighted by Crippen LogP contribution is 2.21. The third kappa shape index (κ3) is 3.46. The van der Waals surface area contributed by atoms with Crippen molar-refractivity contribution in [2.45, 2.75) is 32.9 Å². The maximum Gasteiger partial charge on any atom is 0.0681 e. The number of aliphatic hydroxyl groups is 1. The molecule has 1 unspecified atom stereocenters. The number of H-pyrrole nitrogens is 1. The summed E-state index contributed by atoms with van der Waals surface area (Å²) in [6.07, 6.45) is 3.11. The molecule has 1 atom stereocenters. The number of hydrogen-bond acceptors (Lipinski definition) is 2. The molecular weight excluding hydrogens is 284 g/mol. The molecule has 0 amide bonds. The lowest BCUT2D eigenvalue weighted by Crippen LogP contribution is -2.21. The van der Waals surface area contributed by atoms with Gasteiger partial charge in [-0.2, -0.15) is 0 Å². The number of fused-ring (bicyclic) bond motifs is 1. The Labute approximate surface area is 137 Å². The van der Waals surface area contributed by atoms with Crippen molar-refractivity contribution in [1.29, 1.82) is 0 Å². The lowest BCUT2D eigenvalue weighted by atomic mass is 10.0. The Kier molecular flexibility index (Phi) is 4.79. The van der Waals surface area contributed by atoms with E-state index < -0.39 is 0 Å². The van der Waals surface area contributed by atoms with Crippen LogP contribution >= 0.6 is 0 Å². The van der Waals surface area contributed by atoms with Gasteiger partial charge in [-0.3, -0.25) is 0 Å². The minimum atomic E-state index is 0.0925. The first-order chi connectivity index (χ1) is 11.2. The van der Waals surface area contributed by atoms with Gasteiger partial charge in [0.1, 0.15) is 0 Å². The Hall–Kier alpha value is -2.10. The monoisotopic (exact) mass is 308 g/mol. The van der Waals surface area contributed by atoms with Crippen LogP contribution in [0.2, 0.25) is 0 Å². The number of benzene rings is 2. The second kappa shape index (κ2) is 6.99. The van der Waals surface area contributed by atoms with Crippen molar-refractivity contribution in [3.63, 3.8) is 0 Å². The second-order valence-electron chi connectivity index (χ2n) is 6.14. The van der Waals surface area contributed by atoms with E-state index in [0.29, 0.717) is 0 Å². The first kappa shape index (κ1) is 15.8. The summed E-state index contributed by atoms with van der Waals surface area (Å²) >= 11 is 0. The first-order valence-electron chi connectivity index (χ1n) is 8.17. The SMILES string of the molecule is Cc1cccc2c(CCNC(C)c3cccc(CO)c3)c[nH]c12. The highest BCUT2D eigenvalue weighted by molar-refractivity contribution is 5.85. The van der Waals surface area contributed by atoms with E-state index in [0.717, 1.165) is 18.5 Å². The quantitative estimate of drug-likeness (QED) is 0.647. The molecule has 1 aromatic heterocycles. The van der Waals surface area contributed by atoms with Crippen LogP contribution in [0.25, 0.3) is 10.9 Å². The number of aryl methyl sites for hydroxylation is 1. The Bertz CT molecular complexity index is 791. The van der Waals surface area contributed by atoms with Gasteiger partial charge in [0.2, 0.25) is 0 Å². The van der Waals surface area contributed by atoms with E-state index in [4.69, 9.17) is 0 Å². The van der Waals surface area contributed by atoms with Gasteiger partial charge in [0, 0.05) is 23.1 Å². The first-order valence-corrected chi connectivity index (χ1v) is 8.17. The molecule has 0 aliphatic rings. The van der Waals surface area contributed by atoms with Crippen LogP contribution in [-0.2, 0) is 13.0 Å². The van der Waals surface area contributed by atoms with Gasteiger partial charge in [-0.05, 0) is 49.1 Å². The van der Waals surface area contributed by atoms with Crippen molar-refractivity contribution in [3.05, 3.63) is 70.9 Å². The van der Waals surface area contributed by atoms with E-state index in [1.54, 1.807) is 0 Å². The molecule has 3 N–H and O–H groups in total. The fourth-order valence-electron chi connectivity index (χ4n) is 3.07. The number of rotatable bonds is 6. The van der Waals surface area contributed by atoms with Crippen molar-refractivity contribution in [1.82, 2.24) is 10.3 Å². The molecule has 2 aromatic carbocycles. The average Bonchev–Trinajstić information content (AvgIpc) is 2.99. The van der Waals surface area contributed by atoms with E-state index in [9.17, 15) is 5.11 Å². The lowest BCUT2D eigenvalue weighted by Gasteiger charge is -2.15. The van der Waals surface area contributed by atoms with Crippen LogP contribution in [0.1, 0.15) is 35.2 Å². The smallest absolute Gasteiger partial charge is 0.0681 e. The minimum absolute atomic E-state index is 0.0925. The fraction of sp³-hybridized carbons (Fsp3) is 0.300. The van der Waals surface area contributed by atoms with E-state index >= 15 is 0 Å². The number of nitrogens with one attached hydrogen (secondary N) is 2. The van der Waals surface area contributed by atoms with Gasteiger partial charge in [0.15, 0.2) is 0 Å². The number of hydrogen-bond donors (Lipinski definition) is 3. The van der Waals surface area contributed by atoms with E-state index in [1.165, 1.54) is 27.6 Å². The topological polar surface area (TPSA) is 48.0 Å². The largest absolute Gasteiger partial charge is 0.392 e. The summed E-state index contributed by atoms with van der Waals surface area (Å²) in [5, 5.41) is 14.1. The predicted octanol–water partition coefficient (Wildman–Crippen LogP) is 3.86. The van der Waals surface area contributed by atoms with Crippen molar-refractivity contribution in [2.24, 2.45) is 0 Å². The molecule has 0 spiro atoms. The minimum Gasteiger partial charge on any atom is -0.392 e. The summed E-state index contributed by atoms with van der Waals surface area (Å²) in [5.74, 6) is 0. The summed E-state index contributed by atoms with van der Waals surface area (Å²) in [7, 11) is 0. The van der Waals surface area contributed by atoms with Gasteiger partial charge in [0.05, 0.1) is 6.61 Å². The predicted molar refractivity (Wildman–Crippen MR) is 95.5 cm³/mol. The van der Waals surface area contributed by atoms with Crippen LogP contribution in [0.5, 0.6) is 0 Å². The molecule has 0 fully saturated rings. The standard InChI is InChI=1S/C20H24N2O/c1-14-5-3-8-19-18(12-22-20(14)19)9-10-21-15(2)17-7-4-6-16(11-17)13-23/h3-8,11-12,15,21-23H,9-10,13H2,1-2H3. The highest BCUT2D eigenvalue weighted by Gasteiger charge is 2.08. The lowest BCUT2D eigenvalue weighted by molar-refractivity contribution is 0.281. The molecule has 23 heavy (non-hydrogen) atoms. The maximum absolute atomic E-state index is 9.24. The van der Waals surface area contributed by atoms with Gasteiger partial charge in [-0.25, -0.2) is 0 Å². The third-order valence-electron chi connectivity index (χ3n) is 4.49. The summed E-state index contributed by atoms with van der Waals surface area (Å²) < 4.78 is 0. The summed E-state index contributed by atoms with van der Waals surface area (Å²) in [4.78, 5) is 3.39. The van der Waals surface area contributed by atoms with Gasteiger partial charge >= 0.3 is 0 Å². The molecule has 1 heterocycles. The van der Waals surface area contributed by atoms with Gasteiger partial charge in [-0.1, -0.05) is 42.5 Å². The zero-order valence-electron chi connectivity index (χ0n) is 13.8.